The minimum absolute atomic E-state index is 0.259. The standard InChI is InChI=1S/C11H5ClF4N2O2/c12-8-6(13)2-1-3-7(8)18-9(11(14,15)16)5(4-17-18)10(19)20/h1-4H,(H,19,20). The van der Waals surface area contributed by atoms with Gasteiger partial charge in [0, 0.05) is 0 Å². The summed E-state index contributed by atoms with van der Waals surface area (Å²) in [7, 11) is 0. The number of aromatic carboxylic acids is 1. The van der Waals surface area contributed by atoms with Gasteiger partial charge in [0.05, 0.1) is 11.9 Å². The third-order valence-electron chi connectivity index (χ3n) is 2.43. The number of carboxylic acids is 1. The molecule has 1 aromatic carbocycles. The summed E-state index contributed by atoms with van der Waals surface area (Å²) < 4.78 is 52.4. The fourth-order valence-electron chi connectivity index (χ4n) is 1.62. The maximum atomic E-state index is 13.3. The summed E-state index contributed by atoms with van der Waals surface area (Å²) in [6.07, 6.45) is -4.45. The van der Waals surface area contributed by atoms with Crippen LogP contribution in [0, 0.1) is 5.82 Å². The van der Waals surface area contributed by atoms with Gasteiger partial charge in [-0.15, -0.1) is 0 Å². The van der Waals surface area contributed by atoms with Crippen molar-refractivity contribution in [2.75, 3.05) is 0 Å². The van der Waals surface area contributed by atoms with Gasteiger partial charge in [-0.05, 0) is 12.1 Å². The summed E-state index contributed by atoms with van der Waals surface area (Å²) in [6, 6.07) is 3.19. The molecule has 0 saturated carbocycles. The van der Waals surface area contributed by atoms with Gasteiger partial charge >= 0.3 is 12.1 Å². The van der Waals surface area contributed by atoms with E-state index in [4.69, 9.17) is 16.7 Å². The average Bonchev–Trinajstić information content (AvgIpc) is 2.77. The molecule has 0 spiro atoms. The Balaban J connectivity index is 2.76. The highest BCUT2D eigenvalue weighted by molar-refractivity contribution is 6.32. The number of carbonyl (C=O) groups is 1. The molecule has 0 amide bonds. The Morgan fingerprint density at radius 1 is 1.35 bits per heavy atom. The Morgan fingerprint density at radius 2 is 2.00 bits per heavy atom. The number of hydrogen-bond donors (Lipinski definition) is 1. The largest absolute Gasteiger partial charge is 0.478 e. The maximum absolute atomic E-state index is 13.3. The number of alkyl halides is 3. The minimum Gasteiger partial charge on any atom is -0.478 e. The van der Waals surface area contributed by atoms with Crippen molar-refractivity contribution < 1.29 is 27.5 Å². The predicted octanol–water partition coefficient (Wildman–Crippen LogP) is 3.38. The highest BCUT2D eigenvalue weighted by atomic mass is 35.5. The summed E-state index contributed by atoms with van der Waals surface area (Å²) in [5.41, 5.74) is -2.97. The fourth-order valence-corrected chi connectivity index (χ4v) is 1.82. The van der Waals surface area contributed by atoms with E-state index in [1.54, 1.807) is 0 Å². The van der Waals surface area contributed by atoms with Crippen LogP contribution in [-0.2, 0) is 6.18 Å². The van der Waals surface area contributed by atoms with Crippen LogP contribution in [0.25, 0.3) is 5.69 Å². The number of nitrogens with zero attached hydrogens (tertiary/aromatic N) is 2. The van der Waals surface area contributed by atoms with Crippen LogP contribution in [-0.4, -0.2) is 20.9 Å². The molecule has 0 radical (unpaired) electrons. The van der Waals surface area contributed by atoms with Crippen LogP contribution >= 0.6 is 11.6 Å². The molecule has 0 unspecified atom stereocenters. The van der Waals surface area contributed by atoms with Crippen molar-refractivity contribution in [1.82, 2.24) is 9.78 Å². The van der Waals surface area contributed by atoms with Crippen molar-refractivity contribution in [2.24, 2.45) is 0 Å². The summed E-state index contributed by atoms with van der Waals surface area (Å²) in [6.45, 7) is 0. The molecular formula is C11H5ClF4N2O2. The van der Waals surface area contributed by atoms with Crippen molar-refractivity contribution >= 4 is 17.6 Å². The molecular weight excluding hydrogens is 304 g/mol. The molecule has 0 fully saturated rings. The molecule has 0 atom stereocenters. The van der Waals surface area contributed by atoms with Crippen molar-refractivity contribution in [3.63, 3.8) is 0 Å². The monoisotopic (exact) mass is 308 g/mol. The first kappa shape index (κ1) is 14.3. The number of benzene rings is 1. The van der Waals surface area contributed by atoms with E-state index in [1.165, 1.54) is 0 Å². The predicted molar refractivity (Wildman–Crippen MR) is 60.5 cm³/mol. The summed E-state index contributed by atoms with van der Waals surface area (Å²) in [4.78, 5) is 10.8. The van der Waals surface area contributed by atoms with Gasteiger partial charge in [0.25, 0.3) is 0 Å². The highest BCUT2D eigenvalue weighted by Crippen LogP contribution is 2.35. The van der Waals surface area contributed by atoms with Crippen LogP contribution in [0.5, 0.6) is 0 Å². The third-order valence-corrected chi connectivity index (χ3v) is 2.80. The number of halogens is 5. The fraction of sp³-hybridized carbons (Fsp3) is 0.0909. The zero-order valence-electron chi connectivity index (χ0n) is 9.45. The van der Waals surface area contributed by atoms with E-state index in [1.807, 2.05) is 0 Å². The van der Waals surface area contributed by atoms with Crippen molar-refractivity contribution in [3.05, 3.63) is 46.5 Å². The van der Waals surface area contributed by atoms with Crippen LogP contribution in [0.4, 0.5) is 17.6 Å². The Kier molecular flexibility index (Phi) is 3.43. The number of aromatic nitrogens is 2. The van der Waals surface area contributed by atoms with Gasteiger partial charge in [-0.25, -0.2) is 13.9 Å². The van der Waals surface area contributed by atoms with E-state index in [9.17, 15) is 22.4 Å². The van der Waals surface area contributed by atoms with Crippen LogP contribution in [0.3, 0.4) is 0 Å². The zero-order valence-corrected chi connectivity index (χ0v) is 10.2. The van der Waals surface area contributed by atoms with E-state index in [-0.39, 0.29) is 4.68 Å². The first-order valence-corrected chi connectivity index (χ1v) is 5.44. The second kappa shape index (κ2) is 4.78. The topological polar surface area (TPSA) is 55.1 Å². The lowest BCUT2D eigenvalue weighted by Gasteiger charge is -2.12. The van der Waals surface area contributed by atoms with Crippen LogP contribution in [0.2, 0.25) is 5.02 Å². The molecule has 1 N–H and O–H groups in total. The van der Waals surface area contributed by atoms with E-state index in [0.29, 0.717) is 6.20 Å². The molecule has 0 aliphatic heterocycles. The molecule has 1 aromatic heterocycles. The second-order valence-electron chi connectivity index (χ2n) is 3.69. The maximum Gasteiger partial charge on any atom is 0.434 e. The van der Waals surface area contributed by atoms with Crippen molar-refractivity contribution in [2.45, 2.75) is 6.18 Å². The molecule has 0 saturated heterocycles. The van der Waals surface area contributed by atoms with Gasteiger partial charge in [0.1, 0.15) is 16.4 Å². The Labute approximate surface area is 114 Å². The molecule has 20 heavy (non-hydrogen) atoms. The average molecular weight is 309 g/mol. The summed E-state index contributed by atoms with van der Waals surface area (Å²) >= 11 is 5.59. The van der Waals surface area contributed by atoms with Crippen molar-refractivity contribution in [1.29, 1.82) is 0 Å². The Hall–Kier alpha value is -2.09. The van der Waals surface area contributed by atoms with Gasteiger partial charge in [-0.2, -0.15) is 18.3 Å². The van der Waals surface area contributed by atoms with E-state index < -0.39 is 39.9 Å². The van der Waals surface area contributed by atoms with E-state index >= 15 is 0 Å². The van der Waals surface area contributed by atoms with Gasteiger partial charge in [-0.3, -0.25) is 0 Å². The van der Waals surface area contributed by atoms with Gasteiger partial charge in [-0.1, -0.05) is 17.7 Å². The Bertz CT molecular complexity index is 682. The third kappa shape index (κ3) is 2.34. The first-order valence-electron chi connectivity index (χ1n) is 5.06. The summed E-state index contributed by atoms with van der Waals surface area (Å²) in [5.74, 6) is -2.74. The number of hydrogen-bond acceptors (Lipinski definition) is 2. The highest BCUT2D eigenvalue weighted by Gasteiger charge is 2.41. The molecule has 9 heteroatoms. The molecule has 4 nitrogen and oxygen atoms in total. The zero-order chi connectivity index (χ0) is 15.1. The molecule has 2 aromatic rings. The summed E-state index contributed by atoms with van der Waals surface area (Å²) in [5, 5.41) is 11.5. The van der Waals surface area contributed by atoms with Gasteiger partial charge in [0.15, 0.2) is 5.69 Å². The van der Waals surface area contributed by atoms with E-state index in [2.05, 4.69) is 5.10 Å². The lowest BCUT2D eigenvalue weighted by molar-refractivity contribution is -0.143. The molecule has 2 rings (SSSR count). The normalized spacial score (nSPS) is 11.7. The molecule has 0 bridgehead atoms. The van der Waals surface area contributed by atoms with Crippen LogP contribution < -0.4 is 0 Å². The molecule has 1 heterocycles. The smallest absolute Gasteiger partial charge is 0.434 e. The van der Waals surface area contributed by atoms with Crippen LogP contribution in [0.15, 0.2) is 24.4 Å². The molecule has 0 aliphatic carbocycles. The minimum atomic E-state index is -4.99. The number of rotatable bonds is 2. The quantitative estimate of drug-likeness (QED) is 0.865. The lowest BCUT2D eigenvalue weighted by Crippen LogP contribution is -2.17. The van der Waals surface area contributed by atoms with Crippen LogP contribution in [0.1, 0.15) is 16.1 Å². The van der Waals surface area contributed by atoms with Gasteiger partial charge < -0.3 is 5.11 Å². The SMILES string of the molecule is O=C(O)c1cnn(-c2cccc(F)c2Cl)c1C(F)(F)F. The van der Waals surface area contributed by atoms with E-state index in [0.717, 1.165) is 18.2 Å². The number of carboxylic acid groups (broad SMARTS) is 1. The molecule has 106 valence electrons. The first-order chi connectivity index (χ1) is 9.23. The lowest BCUT2D eigenvalue weighted by atomic mass is 10.2. The van der Waals surface area contributed by atoms with Crippen molar-refractivity contribution in [3.8, 4) is 5.69 Å². The molecule has 0 aliphatic rings. The van der Waals surface area contributed by atoms with Gasteiger partial charge in [0.2, 0.25) is 0 Å². The second-order valence-corrected chi connectivity index (χ2v) is 4.07. The Morgan fingerprint density at radius 3 is 2.55 bits per heavy atom.